The van der Waals surface area contributed by atoms with Crippen molar-refractivity contribution in [3.05, 3.63) is 47.8 Å². The third-order valence-electron chi connectivity index (χ3n) is 4.01. The van der Waals surface area contributed by atoms with Crippen molar-refractivity contribution < 1.29 is 4.79 Å². The number of hydrogen-bond donors (Lipinski definition) is 2. The lowest BCUT2D eigenvalue weighted by Crippen LogP contribution is -2.17. The lowest BCUT2D eigenvalue weighted by molar-refractivity contribution is 0.101. The van der Waals surface area contributed by atoms with E-state index in [1.165, 1.54) is 0 Å². The molecule has 3 aromatic rings. The second-order valence-corrected chi connectivity index (χ2v) is 6.05. The second-order valence-electron chi connectivity index (χ2n) is 6.05. The smallest absolute Gasteiger partial charge is 0.291 e. The van der Waals surface area contributed by atoms with Gasteiger partial charge in [0.25, 0.3) is 5.91 Å². The summed E-state index contributed by atoms with van der Waals surface area (Å²) in [4.78, 5) is 32.7. The van der Waals surface area contributed by atoms with Crippen LogP contribution in [0.15, 0.2) is 24.8 Å². The molecule has 0 saturated carbocycles. The van der Waals surface area contributed by atoms with E-state index in [-0.39, 0.29) is 11.7 Å². The van der Waals surface area contributed by atoms with E-state index >= 15 is 0 Å². The molecular formula is C18H23N7O. The summed E-state index contributed by atoms with van der Waals surface area (Å²) in [5.74, 6) is 1.44. The zero-order valence-electron chi connectivity index (χ0n) is 15.3. The Morgan fingerprint density at radius 1 is 1.27 bits per heavy atom. The highest BCUT2D eigenvalue weighted by Crippen LogP contribution is 2.18. The fourth-order valence-electron chi connectivity index (χ4n) is 2.70. The maximum atomic E-state index is 12.3. The molecule has 2 N–H and O–H groups in total. The van der Waals surface area contributed by atoms with E-state index < -0.39 is 0 Å². The van der Waals surface area contributed by atoms with Crippen LogP contribution in [0.25, 0.3) is 5.95 Å². The first-order chi connectivity index (χ1) is 12.6. The Bertz CT molecular complexity index is 883. The highest BCUT2D eigenvalue weighted by molar-refractivity contribution is 6.01. The molecule has 8 nitrogen and oxygen atoms in total. The number of aromatic nitrogens is 6. The highest BCUT2D eigenvalue weighted by atomic mass is 16.2. The van der Waals surface area contributed by atoms with Crippen LogP contribution in [0.2, 0.25) is 0 Å². The van der Waals surface area contributed by atoms with Gasteiger partial charge in [0.15, 0.2) is 5.82 Å². The zero-order chi connectivity index (χ0) is 18.5. The summed E-state index contributed by atoms with van der Waals surface area (Å²) in [5.41, 5.74) is 2.35. The van der Waals surface area contributed by atoms with Crippen molar-refractivity contribution in [1.82, 2.24) is 29.5 Å². The Hall–Kier alpha value is -3.03. The number of imidazole rings is 2. The second kappa shape index (κ2) is 7.90. The van der Waals surface area contributed by atoms with Gasteiger partial charge in [-0.3, -0.25) is 9.36 Å². The summed E-state index contributed by atoms with van der Waals surface area (Å²) < 4.78 is 1.91. The Labute approximate surface area is 152 Å². The number of anilines is 1. The van der Waals surface area contributed by atoms with Gasteiger partial charge in [0, 0.05) is 25.0 Å². The van der Waals surface area contributed by atoms with Gasteiger partial charge >= 0.3 is 0 Å². The van der Waals surface area contributed by atoms with Gasteiger partial charge in [-0.25, -0.2) is 19.9 Å². The van der Waals surface area contributed by atoms with E-state index in [2.05, 4.69) is 32.2 Å². The molecule has 0 aliphatic rings. The third kappa shape index (κ3) is 3.79. The number of aromatic amines is 1. The van der Waals surface area contributed by atoms with E-state index in [4.69, 9.17) is 4.98 Å². The number of H-pyrrole nitrogens is 1. The predicted molar refractivity (Wildman–Crippen MR) is 98.4 cm³/mol. The number of hydrogen-bond acceptors (Lipinski definition) is 5. The van der Waals surface area contributed by atoms with Crippen LogP contribution in [-0.4, -0.2) is 35.4 Å². The van der Waals surface area contributed by atoms with Crippen LogP contribution >= 0.6 is 0 Å². The molecule has 0 radical (unpaired) electrons. The average Bonchev–Trinajstić information content (AvgIpc) is 3.30. The molecule has 0 aromatic carbocycles. The molecular weight excluding hydrogens is 330 g/mol. The highest BCUT2D eigenvalue weighted by Gasteiger charge is 2.15. The summed E-state index contributed by atoms with van der Waals surface area (Å²) in [7, 11) is 0. The van der Waals surface area contributed by atoms with Crippen LogP contribution in [0.4, 0.5) is 5.69 Å². The van der Waals surface area contributed by atoms with E-state index in [0.29, 0.717) is 11.6 Å². The van der Waals surface area contributed by atoms with Gasteiger partial charge in [-0.05, 0) is 19.8 Å². The van der Waals surface area contributed by atoms with Crippen LogP contribution in [-0.2, 0) is 12.8 Å². The van der Waals surface area contributed by atoms with Gasteiger partial charge in [-0.1, -0.05) is 20.3 Å². The first kappa shape index (κ1) is 17.8. The van der Waals surface area contributed by atoms with Crippen LogP contribution in [0, 0.1) is 6.92 Å². The lowest BCUT2D eigenvalue weighted by atomic mass is 10.2. The molecule has 3 aromatic heterocycles. The first-order valence-electron chi connectivity index (χ1n) is 8.84. The van der Waals surface area contributed by atoms with Crippen LogP contribution in [0.1, 0.15) is 54.5 Å². The standard InChI is InChI=1S/C18H23N7O/c1-4-6-7-13-14(23-17(26)16-19-8-9-20-16)10-21-18(24-13)25-11-12(3)22-15(25)5-2/h8-11H,4-7H2,1-3H3,(H,19,20)(H,23,26). The van der Waals surface area contributed by atoms with E-state index in [9.17, 15) is 4.79 Å². The van der Waals surface area contributed by atoms with Crippen molar-refractivity contribution in [2.24, 2.45) is 0 Å². The summed E-state index contributed by atoms with van der Waals surface area (Å²) in [6, 6.07) is 0. The van der Waals surface area contributed by atoms with E-state index in [0.717, 1.165) is 42.9 Å². The predicted octanol–water partition coefficient (Wildman–Crippen LogP) is 2.85. The van der Waals surface area contributed by atoms with Crippen LogP contribution in [0.5, 0.6) is 0 Å². The maximum Gasteiger partial charge on any atom is 0.291 e. The Morgan fingerprint density at radius 3 is 2.81 bits per heavy atom. The molecule has 0 aliphatic heterocycles. The minimum absolute atomic E-state index is 0.258. The van der Waals surface area contributed by atoms with Crippen LogP contribution in [0.3, 0.4) is 0 Å². The number of aryl methyl sites for hydroxylation is 3. The number of unbranched alkanes of at least 4 members (excludes halogenated alkanes) is 1. The molecule has 0 aliphatic carbocycles. The molecule has 0 saturated heterocycles. The molecule has 0 spiro atoms. The van der Waals surface area contributed by atoms with E-state index in [1.807, 2.05) is 24.6 Å². The normalized spacial score (nSPS) is 10.9. The van der Waals surface area contributed by atoms with Crippen LogP contribution < -0.4 is 5.32 Å². The lowest BCUT2D eigenvalue weighted by Gasteiger charge is -2.12. The van der Waals surface area contributed by atoms with Crippen molar-refractivity contribution in [3.8, 4) is 5.95 Å². The van der Waals surface area contributed by atoms with Gasteiger partial charge in [-0.2, -0.15) is 0 Å². The van der Waals surface area contributed by atoms with E-state index in [1.54, 1.807) is 18.6 Å². The van der Waals surface area contributed by atoms with Gasteiger partial charge < -0.3 is 10.3 Å². The molecule has 136 valence electrons. The molecule has 0 fully saturated rings. The van der Waals surface area contributed by atoms with Gasteiger partial charge in [0.05, 0.1) is 23.3 Å². The first-order valence-corrected chi connectivity index (χ1v) is 8.84. The fourth-order valence-corrected chi connectivity index (χ4v) is 2.70. The van der Waals surface area contributed by atoms with Crippen molar-refractivity contribution in [1.29, 1.82) is 0 Å². The van der Waals surface area contributed by atoms with Crippen molar-refractivity contribution in [3.63, 3.8) is 0 Å². The molecule has 0 unspecified atom stereocenters. The summed E-state index contributed by atoms with van der Waals surface area (Å²) in [5, 5.41) is 2.85. The van der Waals surface area contributed by atoms with Gasteiger partial charge in [0.1, 0.15) is 5.82 Å². The molecule has 3 rings (SSSR count). The minimum atomic E-state index is -0.308. The topological polar surface area (TPSA) is 101 Å². The average molecular weight is 353 g/mol. The number of rotatable bonds is 7. The molecule has 3 heterocycles. The SMILES string of the molecule is CCCCc1nc(-n2cc(C)nc2CC)ncc1NC(=O)c1ncc[nH]1. The number of nitrogens with one attached hydrogen (secondary N) is 2. The number of nitrogens with zero attached hydrogens (tertiary/aromatic N) is 5. The number of carbonyl (C=O) groups excluding carboxylic acids is 1. The minimum Gasteiger partial charge on any atom is -0.341 e. The Morgan fingerprint density at radius 2 is 2.12 bits per heavy atom. The summed E-state index contributed by atoms with van der Waals surface area (Å²) in [6.07, 6.45) is 10.3. The fraction of sp³-hybridized carbons (Fsp3) is 0.389. The molecule has 0 atom stereocenters. The number of carbonyl (C=O) groups is 1. The van der Waals surface area contributed by atoms with Crippen molar-refractivity contribution in [2.45, 2.75) is 46.5 Å². The van der Waals surface area contributed by atoms with Crippen molar-refractivity contribution in [2.75, 3.05) is 5.32 Å². The van der Waals surface area contributed by atoms with Gasteiger partial charge in [-0.15, -0.1) is 0 Å². The maximum absolute atomic E-state index is 12.3. The Balaban J connectivity index is 1.93. The van der Waals surface area contributed by atoms with Gasteiger partial charge in [0.2, 0.25) is 5.95 Å². The number of amides is 1. The quantitative estimate of drug-likeness (QED) is 0.680. The molecule has 0 bridgehead atoms. The largest absolute Gasteiger partial charge is 0.341 e. The molecule has 8 heteroatoms. The third-order valence-corrected chi connectivity index (χ3v) is 4.01. The molecule has 26 heavy (non-hydrogen) atoms. The zero-order valence-corrected chi connectivity index (χ0v) is 15.3. The monoisotopic (exact) mass is 353 g/mol. The van der Waals surface area contributed by atoms with Crippen molar-refractivity contribution >= 4 is 11.6 Å². The summed E-state index contributed by atoms with van der Waals surface area (Å²) >= 11 is 0. The molecule has 1 amide bonds. The Kier molecular flexibility index (Phi) is 5.40. The summed E-state index contributed by atoms with van der Waals surface area (Å²) in [6.45, 7) is 6.12.